The number of thiophene rings is 1. The lowest BCUT2D eigenvalue weighted by Crippen LogP contribution is -2.29. The van der Waals surface area contributed by atoms with Crippen LogP contribution in [0.1, 0.15) is 41.5 Å². The van der Waals surface area contributed by atoms with E-state index in [9.17, 15) is 4.79 Å². The van der Waals surface area contributed by atoms with Crippen LogP contribution in [0.2, 0.25) is 5.15 Å². The summed E-state index contributed by atoms with van der Waals surface area (Å²) in [6.45, 7) is 7.42. The van der Waals surface area contributed by atoms with E-state index in [0.29, 0.717) is 17.5 Å². The molecule has 3 aromatic rings. The minimum atomic E-state index is 0.0446. The van der Waals surface area contributed by atoms with Gasteiger partial charge in [0.2, 0.25) is 0 Å². The van der Waals surface area contributed by atoms with Gasteiger partial charge in [0.25, 0.3) is 5.56 Å². The summed E-state index contributed by atoms with van der Waals surface area (Å²) in [6, 6.07) is 0. The Labute approximate surface area is 183 Å². The van der Waals surface area contributed by atoms with Gasteiger partial charge in [-0.15, -0.1) is 11.3 Å². The lowest BCUT2D eigenvalue weighted by molar-refractivity contribution is 0.0937. The summed E-state index contributed by atoms with van der Waals surface area (Å²) in [5.74, 6) is 0.618. The lowest BCUT2D eigenvalue weighted by atomic mass is 10.1. The summed E-state index contributed by atoms with van der Waals surface area (Å²) in [5, 5.41) is 6.51. The molecule has 0 saturated carbocycles. The number of aryl methyl sites for hydroxylation is 4. The molecular formula is C20H25ClN4O2S2. The summed E-state index contributed by atoms with van der Waals surface area (Å²) in [4.78, 5) is 20.4. The van der Waals surface area contributed by atoms with Crippen molar-refractivity contribution in [3.63, 3.8) is 0 Å². The van der Waals surface area contributed by atoms with Crippen molar-refractivity contribution < 1.29 is 4.74 Å². The number of fused-ring (bicyclic) bond motifs is 1. The fourth-order valence-corrected chi connectivity index (χ4v) is 6.47. The minimum absolute atomic E-state index is 0.0446. The molecule has 0 amide bonds. The van der Waals surface area contributed by atoms with Crippen LogP contribution < -0.4 is 5.56 Å². The molecule has 0 aromatic carbocycles. The topological polar surface area (TPSA) is 61.9 Å². The average molecular weight is 453 g/mol. The van der Waals surface area contributed by atoms with Gasteiger partial charge in [-0.05, 0) is 38.7 Å². The Balaban J connectivity index is 1.77. The van der Waals surface area contributed by atoms with E-state index in [2.05, 4.69) is 18.9 Å². The van der Waals surface area contributed by atoms with E-state index >= 15 is 0 Å². The third kappa shape index (κ3) is 3.87. The monoisotopic (exact) mass is 452 g/mol. The number of rotatable bonds is 6. The van der Waals surface area contributed by atoms with Crippen LogP contribution in [0.5, 0.6) is 0 Å². The van der Waals surface area contributed by atoms with Gasteiger partial charge < -0.3 is 4.74 Å². The van der Waals surface area contributed by atoms with Gasteiger partial charge in [-0.25, -0.2) is 4.98 Å². The second-order valence-electron chi connectivity index (χ2n) is 7.38. The number of thioether (sulfide) groups is 1. The van der Waals surface area contributed by atoms with E-state index < -0.39 is 0 Å². The highest BCUT2D eigenvalue weighted by molar-refractivity contribution is 7.98. The highest BCUT2D eigenvalue weighted by Crippen LogP contribution is 2.32. The first kappa shape index (κ1) is 20.9. The van der Waals surface area contributed by atoms with Crippen LogP contribution in [0.15, 0.2) is 9.95 Å². The molecule has 0 spiro atoms. The van der Waals surface area contributed by atoms with Gasteiger partial charge in [0.05, 0.1) is 23.7 Å². The summed E-state index contributed by atoms with van der Waals surface area (Å²) >= 11 is 9.55. The van der Waals surface area contributed by atoms with Crippen molar-refractivity contribution in [2.75, 3.05) is 6.61 Å². The van der Waals surface area contributed by atoms with Crippen molar-refractivity contribution in [3.8, 4) is 0 Å². The quantitative estimate of drug-likeness (QED) is 0.407. The Hall–Kier alpha value is -1.35. The molecule has 6 nitrogen and oxygen atoms in total. The van der Waals surface area contributed by atoms with Crippen molar-refractivity contribution in [3.05, 3.63) is 37.2 Å². The first-order valence-corrected chi connectivity index (χ1v) is 12.0. The highest BCUT2D eigenvalue weighted by Gasteiger charge is 2.23. The van der Waals surface area contributed by atoms with Gasteiger partial charge in [-0.1, -0.05) is 30.3 Å². The van der Waals surface area contributed by atoms with E-state index in [-0.39, 0.29) is 11.7 Å². The SMILES string of the molecule is CCc1c(C)sc2nc(SCc3c(C)nn(C)c3Cl)n(CC3CCCO3)c(=O)c12. The largest absolute Gasteiger partial charge is 0.376 e. The Morgan fingerprint density at radius 2 is 2.14 bits per heavy atom. The normalized spacial score (nSPS) is 16.9. The van der Waals surface area contributed by atoms with E-state index in [4.69, 9.17) is 21.3 Å². The standard InChI is InChI=1S/C20H25ClN4O2S2/c1-5-14-12(3)29-18-16(14)19(26)25(9-13-7-6-8-27-13)20(22-18)28-10-15-11(2)23-24(4)17(15)21/h13H,5-10H2,1-4H3. The third-order valence-corrected chi connectivity index (χ3v) is 7.97. The van der Waals surface area contributed by atoms with Gasteiger partial charge in [-0.2, -0.15) is 5.10 Å². The molecule has 0 radical (unpaired) electrons. The van der Waals surface area contributed by atoms with E-state index in [0.717, 1.165) is 58.1 Å². The number of aromatic nitrogens is 4. The van der Waals surface area contributed by atoms with Crippen LogP contribution in [0.4, 0.5) is 0 Å². The van der Waals surface area contributed by atoms with Gasteiger partial charge >= 0.3 is 0 Å². The van der Waals surface area contributed by atoms with Crippen molar-refractivity contribution in [2.45, 2.75) is 63.6 Å². The Bertz CT molecular complexity index is 1110. The average Bonchev–Trinajstić information content (AvgIpc) is 3.36. The first-order chi connectivity index (χ1) is 13.9. The molecule has 4 heterocycles. The van der Waals surface area contributed by atoms with Crippen LogP contribution in [0.25, 0.3) is 10.2 Å². The molecule has 29 heavy (non-hydrogen) atoms. The summed E-state index contributed by atoms with van der Waals surface area (Å²) in [7, 11) is 1.84. The fourth-order valence-electron chi connectivity index (χ4n) is 3.89. The van der Waals surface area contributed by atoms with Gasteiger partial charge in [0.1, 0.15) is 9.98 Å². The molecule has 9 heteroatoms. The zero-order valence-electron chi connectivity index (χ0n) is 17.1. The van der Waals surface area contributed by atoms with Gasteiger partial charge in [0, 0.05) is 29.8 Å². The van der Waals surface area contributed by atoms with E-state index in [1.807, 2.05) is 18.5 Å². The van der Waals surface area contributed by atoms with Gasteiger partial charge in [0.15, 0.2) is 5.16 Å². The van der Waals surface area contributed by atoms with Gasteiger partial charge in [-0.3, -0.25) is 14.0 Å². The smallest absolute Gasteiger partial charge is 0.263 e. The zero-order valence-corrected chi connectivity index (χ0v) is 19.5. The second kappa shape index (κ2) is 8.41. The fraction of sp³-hybridized carbons (Fsp3) is 0.550. The highest BCUT2D eigenvalue weighted by atomic mass is 35.5. The molecule has 0 aliphatic carbocycles. The first-order valence-electron chi connectivity index (χ1n) is 9.85. The molecule has 1 aliphatic heterocycles. The number of hydrogen-bond donors (Lipinski definition) is 0. The maximum absolute atomic E-state index is 13.5. The van der Waals surface area contributed by atoms with Crippen LogP contribution in [-0.2, 0) is 30.5 Å². The van der Waals surface area contributed by atoms with E-state index in [1.54, 1.807) is 27.8 Å². The minimum Gasteiger partial charge on any atom is -0.376 e. The molecule has 1 atom stereocenters. The zero-order chi connectivity index (χ0) is 20.7. The predicted molar refractivity (Wildman–Crippen MR) is 119 cm³/mol. The third-order valence-electron chi connectivity index (χ3n) is 5.46. The molecule has 3 aromatic heterocycles. The van der Waals surface area contributed by atoms with Crippen LogP contribution in [-0.4, -0.2) is 32.0 Å². The number of halogens is 1. The van der Waals surface area contributed by atoms with Crippen LogP contribution in [0.3, 0.4) is 0 Å². The summed E-state index contributed by atoms with van der Waals surface area (Å²) < 4.78 is 9.31. The number of hydrogen-bond acceptors (Lipinski definition) is 6. The molecule has 1 aliphatic rings. The molecule has 156 valence electrons. The maximum Gasteiger partial charge on any atom is 0.263 e. The van der Waals surface area contributed by atoms with Crippen molar-refractivity contribution >= 4 is 44.9 Å². The van der Waals surface area contributed by atoms with Crippen molar-refractivity contribution in [1.82, 2.24) is 19.3 Å². The Morgan fingerprint density at radius 3 is 2.76 bits per heavy atom. The van der Waals surface area contributed by atoms with Crippen molar-refractivity contribution in [2.24, 2.45) is 7.05 Å². The molecule has 1 saturated heterocycles. The summed E-state index contributed by atoms with van der Waals surface area (Å²) in [5.41, 5.74) is 3.04. The van der Waals surface area contributed by atoms with Crippen LogP contribution in [0, 0.1) is 13.8 Å². The van der Waals surface area contributed by atoms with E-state index in [1.165, 1.54) is 4.88 Å². The molecule has 4 rings (SSSR count). The Kier molecular flexibility index (Phi) is 6.06. The molecule has 0 bridgehead atoms. The molecular weight excluding hydrogens is 428 g/mol. The predicted octanol–water partition coefficient (Wildman–Crippen LogP) is 4.50. The summed E-state index contributed by atoms with van der Waals surface area (Å²) in [6.07, 6.45) is 2.92. The molecule has 1 unspecified atom stereocenters. The number of ether oxygens (including phenoxy) is 1. The second-order valence-corrected chi connectivity index (χ2v) is 9.89. The maximum atomic E-state index is 13.5. The lowest BCUT2D eigenvalue weighted by Gasteiger charge is -2.16. The Morgan fingerprint density at radius 1 is 1.34 bits per heavy atom. The van der Waals surface area contributed by atoms with Crippen molar-refractivity contribution in [1.29, 1.82) is 0 Å². The van der Waals surface area contributed by atoms with Crippen LogP contribution >= 0.6 is 34.7 Å². The molecule has 0 N–H and O–H groups in total. The molecule has 1 fully saturated rings. The number of nitrogens with zero attached hydrogens (tertiary/aromatic N) is 4.